The molecule has 2 aliphatic rings. The first-order valence-corrected chi connectivity index (χ1v) is 9.46. The summed E-state index contributed by atoms with van der Waals surface area (Å²) in [5.74, 6) is 0. The van der Waals surface area contributed by atoms with Crippen LogP contribution in [0, 0.1) is 0 Å². The Kier molecular flexibility index (Phi) is 4.96. The summed E-state index contributed by atoms with van der Waals surface area (Å²) in [5, 5.41) is 5.82. The number of nitrogens with one attached hydrogen (secondary N) is 2. The normalized spacial score (nSPS) is 19.7. The Labute approximate surface area is 159 Å². The van der Waals surface area contributed by atoms with Gasteiger partial charge in [0.2, 0.25) is 0 Å². The van der Waals surface area contributed by atoms with Gasteiger partial charge in [0.1, 0.15) is 0 Å². The van der Waals surface area contributed by atoms with Gasteiger partial charge in [0.05, 0.1) is 6.04 Å². The molecule has 27 heavy (non-hydrogen) atoms. The van der Waals surface area contributed by atoms with Gasteiger partial charge in [-0.1, -0.05) is 42.5 Å². The third-order valence-corrected chi connectivity index (χ3v) is 5.26. The van der Waals surface area contributed by atoms with Crippen LogP contribution in [-0.2, 0) is 0 Å². The summed E-state index contributed by atoms with van der Waals surface area (Å²) in [6, 6.07) is 18.0. The SMILES string of the molecule is O=C(Nc1ccc(-c2ccccc2)cc1)N1CCCC(N2CCNC2=O)C1. The first-order valence-electron chi connectivity index (χ1n) is 9.46. The van der Waals surface area contributed by atoms with E-state index >= 15 is 0 Å². The van der Waals surface area contributed by atoms with Crippen molar-refractivity contribution in [2.45, 2.75) is 18.9 Å². The van der Waals surface area contributed by atoms with Crippen LogP contribution in [0.5, 0.6) is 0 Å². The quantitative estimate of drug-likeness (QED) is 0.877. The lowest BCUT2D eigenvalue weighted by Gasteiger charge is -2.36. The van der Waals surface area contributed by atoms with Gasteiger partial charge in [-0.2, -0.15) is 0 Å². The van der Waals surface area contributed by atoms with Crippen LogP contribution in [0.25, 0.3) is 11.1 Å². The molecule has 140 valence electrons. The molecule has 1 atom stereocenters. The Balaban J connectivity index is 1.37. The van der Waals surface area contributed by atoms with E-state index in [0.29, 0.717) is 13.1 Å². The molecule has 2 fully saturated rings. The molecule has 0 saturated carbocycles. The number of hydrogen-bond acceptors (Lipinski definition) is 2. The highest BCUT2D eigenvalue weighted by molar-refractivity contribution is 5.90. The van der Waals surface area contributed by atoms with E-state index in [2.05, 4.69) is 22.8 Å². The van der Waals surface area contributed by atoms with Crippen LogP contribution in [0.15, 0.2) is 54.6 Å². The second kappa shape index (κ2) is 7.70. The Morgan fingerprint density at radius 2 is 1.74 bits per heavy atom. The van der Waals surface area contributed by atoms with Crippen molar-refractivity contribution in [2.75, 3.05) is 31.5 Å². The van der Waals surface area contributed by atoms with Crippen LogP contribution >= 0.6 is 0 Å². The van der Waals surface area contributed by atoms with Gasteiger partial charge in [0, 0.05) is 31.9 Å². The highest BCUT2D eigenvalue weighted by Crippen LogP contribution is 2.22. The highest BCUT2D eigenvalue weighted by Gasteiger charge is 2.32. The van der Waals surface area contributed by atoms with E-state index in [1.807, 2.05) is 52.3 Å². The number of likely N-dealkylation sites (tertiary alicyclic amines) is 1. The third kappa shape index (κ3) is 3.89. The maximum atomic E-state index is 12.7. The van der Waals surface area contributed by atoms with Crippen molar-refractivity contribution in [3.05, 3.63) is 54.6 Å². The molecule has 4 amide bonds. The first kappa shape index (κ1) is 17.4. The van der Waals surface area contributed by atoms with Gasteiger partial charge in [-0.15, -0.1) is 0 Å². The van der Waals surface area contributed by atoms with Gasteiger partial charge >= 0.3 is 12.1 Å². The number of piperidine rings is 1. The van der Waals surface area contributed by atoms with Crippen LogP contribution in [0.1, 0.15) is 12.8 Å². The molecule has 0 spiro atoms. The minimum atomic E-state index is -0.105. The zero-order chi connectivity index (χ0) is 18.6. The van der Waals surface area contributed by atoms with Crippen molar-refractivity contribution in [1.29, 1.82) is 0 Å². The summed E-state index contributed by atoms with van der Waals surface area (Å²) >= 11 is 0. The van der Waals surface area contributed by atoms with E-state index in [-0.39, 0.29) is 18.1 Å². The van der Waals surface area contributed by atoms with Gasteiger partial charge in [-0.3, -0.25) is 0 Å². The molecule has 2 N–H and O–H groups in total. The molecular weight excluding hydrogens is 340 g/mol. The van der Waals surface area contributed by atoms with Crippen LogP contribution in [0.4, 0.5) is 15.3 Å². The zero-order valence-electron chi connectivity index (χ0n) is 15.2. The molecule has 0 aliphatic carbocycles. The molecule has 6 heteroatoms. The maximum Gasteiger partial charge on any atom is 0.321 e. The molecule has 2 heterocycles. The molecule has 2 aromatic carbocycles. The molecule has 6 nitrogen and oxygen atoms in total. The predicted molar refractivity (Wildman–Crippen MR) is 106 cm³/mol. The summed E-state index contributed by atoms with van der Waals surface area (Å²) < 4.78 is 0. The summed E-state index contributed by atoms with van der Waals surface area (Å²) in [6.07, 6.45) is 1.86. The lowest BCUT2D eigenvalue weighted by atomic mass is 10.0. The van der Waals surface area contributed by atoms with E-state index in [1.165, 1.54) is 0 Å². The smallest absolute Gasteiger partial charge is 0.321 e. The van der Waals surface area contributed by atoms with Crippen LogP contribution < -0.4 is 10.6 Å². The largest absolute Gasteiger partial charge is 0.336 e. The Bertz CT molecular complexity index is 807. The predicted octanol–water partition coefficient (Wildman–Crippen LogP) is 3.38. The fourth-order valence-electron chi connectivity index (χ4n) is 3.81. The van der Waals surface area contributed by atoms with E-state index in [1.54, 1.807) is 0 Å². The fraction of sp³-hybridized carbons (Fsp3) is 0.333. The van der Waals surface area contributed by atoms with Gasteiger partial charge in [-0.25, -0.2) is 9.59 Å². The van der Waals surface area contributed by atoms with Crippen molar-refractivity contribution in [1.82, 2.24) is 15.1 Å². The second-order valence-electron chi connectivity index (χ2n) is 7.04. The first-order chi connectivity index (χ1) is 13.2. The van der Waals surface area contributed by atoms with Crippen molar-refractivity contribution in [2.24, 2.45) is 0 Å². The van der Waals surface area contributed by atoms with Crippen LogP contribution in [-0.4, -0.2) is 54.1 Å². The van der Waals surface area contributed by atoms with Crippen molar-refractivity contribution >= 4 is 17.7 Å². The molecule has 1 unspecified atom stereocenters. The molecular formula is C21H24N4O2. The number of hydrogen-bond donors (Lipinski definition) is 2. The van der Waals surface area contributed by atoms with Crippen LogP contribution in [0.2, 0.25) is 0 Å². The standard InChI is InChI=1S/C21H24N4O2/c26-20-22-12-14-25(20)19-7-4-13-24(15-19)21(27)23-18-10-8-17(9-11-18)16-5-2-1-3-6-16/h1-3,5-6,8-11,19H,4,7,12-15H2,(H,22,26)(H,23,27). The average molecular weight is 364 g/mol. The molecule has 0 aromatic heterocycles. The zero-order valence-corrected chi connectivity index (χ0v) is 15.2. The van der Waals surface area contributed by atoms with Crippen LogP contribution in [0.3, 0.4) is 0 Å². The number of carbonyl (C=O) groups excluding carboxylic acids is 2. The number of anilines is 1. The van der Waals surface area contributed by atoms with Crippen molar-refractivity contribution < 1.29 is 9.59 Å². The Morgan fingerprint density at radius 3 is 2.44 bits per heavy atom. The molecule has 2 aromatic rings. The monoisotopic (exact) mass is 364 g/mol. The van der Waals surface area contributed by atoms with E-state index in [9.17, 15) is 9.59 Å². The fourth-order valence-corrected chi connectivity index (χ4v) is 3.81. The third-order valence-electron chi connectivity index (χ3n) is 5.26. The minimum Gasteiger partial charge on any atom is -0.336 e. The van der Waals surface area contributed by atoms with Gasteiger partial charge in [0.15, 0.2) is 0 Å². The maximum absolute atomic E-state index is 12.7. The number of nitrogens with zero attached hydrogens (tertiary/aromatic N) is 2. The number of amides is 4. The van der Waals surface area contributed by atoms with E-state index in [0.717, 1.165) is 42.7 Å². The number of urea groups is 2. The molecule has 0 bridgehead atoms. The number of benzene rings is 2. The molecule has 0 radical (unpaired) electrons. The lowest BCUT2D eigenvalue weighted by molar-refractivity contribution is 0.139. The van der Waals surface area contributed by atoms with E-state index < -0.39 is 0 Å². The van der Waals surface area contributed by atoms with Gasteiger partial charge < -0.3 is 20.4 Å². The van der Waals surface area contributed by atoms with Crippen molar-refractivity contribution in [3.8, 4) is 11.1 Å². The van der Waals surface area contributed by atoms with Gasteiger partial charge in [0.25, 0.3) is 0 Å². The summed E-state index contributed by atoms with van der Waals surface area (Å²) in [7, 11) is 0. The topological polar surface area (TPSA) is 64.7 Å². The average Bonchev–Trinajstić information content (AvgIpc) is 3.15. The highest BCUT2D eigenvalue weighted by atomic mass is 16.2. The molecule has 2 saturated heterocycles. The lowest BCUT2D eigenvalue weighted by Crippen LogP contribution is -2.51. The summed E-state index contributed by atoms with van der Waals surface area (Å²) in [4.78, 5) is 28.2. The summed E-state index contributed by atoms with van der Waals surface area (Å²) in [5.41, 5.74) is 3.05. The summed E-state index contributed by atoms with van der Waals surface area (Å²) in [6.45, 7) is 2.72. The molecule has 4 rings (SSSR count). The molecule has 2 aliphatic heterocycles. The van der Waals surface area contributed by atoms with Crippen molar-refractivity contribution in [3.63, 3.8) is 0 Å². The number of carbonyl (C=O) groups is 2. The van der Waals surface area contributed by atoms with Gasteiger partial charge in [-0.05, 0) is 36.1 Å². The van der Waals surface area contributed by atoms with E-state index in [4.69, 9.17) is 0 Å². The minimum absolute atomic E-state index is 0.0150. The number of rotatable bonds is 3. The Morgan fingerprint density at radius 1 is 1.00 bits per heavy atom. The Hall–Kier alpha value is -3.02. The second-order valence-corrected chi connectivity index (χ2v) is 7.04.